The Labute approximate surface area is 110 Å². The van der Waals surface area contributed by atoms with Gasteiger partial charge in [-0.15, -0.1) is 0 Å². The van der Waals surface area contributed by atoms with E-state index in [9.17, 15) is 0 Å². The zero-order chi connectivity index (χ0) is 12.4. The molecule has 2 rings (SSSR count). The second kappa shape index (κ2) is 5.02. The quantitative estimate of drug-likeness (QED) is 0.805. The first kappa shape index (κ1) is 12.3. The van der Waals surface area contributed by atoms with Crippen LogP contribution in [0, 0.1) is 0 Å². The fraction of sp³-hybridized carbons (Fsp3) is 0.364. The van der Waals surface area contributed by atoms with Crippen LogP contribution in [0.3, 0.4) is 0 Å². The number of aromatic nitrogens is 4. The van der Waals surface area contributed by atoms with Crippen molar-refractivity contribution >= 4 is 23.2 Å². The molecule has 0 saturated heterocycles. The number of hydrogen-bond acceptors (Lipinski definition) is 3. The molecular weight excluding hydrogens is 259 g/mol. The van der Waals surface area contributed by atoms with Crippen LogP contribution < -0.4 is 0 Å². The highest BCUT2D eigenvalue weighted by atomic mass is 35.5. The first-order chi connectivity index (χ1) is 8.13. The molecule has 2 heterocycles. The molecule has 6 heteroatoms. The third-order valence-electron chi connectivity index (χ3n) is 2.45. The lowest BCUT2D eigenvalue weighted by Crippen LogP contribution is -2.00. The highest BCUT2D eigenvalue weighted by Gasteiger charge is 2.13. The molecule has 0 aliphatic heterocycles. The van der Waals surface area contributed by atoms with Crippen molar-refractivity contribution in [1.29, 1.82) is 0 Å². The van der Waals surface area contributed by atoms with Gasteiger partial charge in [-0.25, -0.2) is 15.0 Å². The van der Waals surface area contributed by atoms with Crippen LogP contribution in [0.4, 0.5) is 0 Å². The summed E-state index contributed by atoms with van der Waals surface area (Å²) in [5.41, 5.74) is 1.60. The van der Waals surface area contributed by atoms with Crippen molar-refractivity contribution in [3.8, 4) is 11.5 Å². The maximum Gasteiger partial charge on any atom is 0.180 e. The number of halogens is 2. The highest BCUT2D eigenvalue weighted by molar-refractivity contribution is 6.34. The Morgan fingerprint density at radius 2 is 1.88 bits per heavy atom. The van der Waals surface area contributed by atoms with Crippen LogP contribution in [0.15, 0.2) is 12.5 Å². The topological polar surface area (TPSA) is 43.6 Å². The summed E-state index contributed by atoms with van der Waals surface area (Å²) < 4.78 is 1.82. The molecule has 0 N–H and O–H groups in total. The van der Waals surface area contributed by atoms with E-state index in [-0.39, 0.29) is 0 Å². The van der Waals surface area contributed by atoms with Crippen LogP contribution in [-0.2, 0) is 13.5 Å². The van der Waals surface area contributed by atoms with Gasteiger partial charge in [-0.05, 0) is 6.42 Å². The van der Waals surface area contributed by atoms with Crippen molar-refractivity contribution in [3.63, 3.8) is 0 Å². The summed E-state index contributed by atoms with van der Waals surface area (Å²) in [5.74, 6) is 0.500. The Bertz CT molecular complexity index is 513. The van der Waals surface area contributed by atoms with Crippen LogP contribution >= 0.6 is 23.2 Å². The molecule has 0 aliphatic rings. The largest absolute Gasteiger partial charge is 0.331 e. The third kappa shape index (κ3) is 2.42. The van der Waals surface area contributed by atoms with Gasteiger partial charge in [-0.1, -0.05) is 36.5 Å². The molecule has 2 aromatic heterocycles. The molecule has 17 heavy (non-hydrogen) atoms. The van der Waals surface area contributed by atoms with Gasteiger partial charge in [0.15, 0.2) is 5.82 Å². The van der Waals surface area contributed by atoms with Crippen molar-refractivity contribution in [2.45, 2.75) is 19.8 Å². The van der Waals surface area contributed by atoms with E-state index in [4.69, 9.17) is 23.2 Å². The first-order valence-electron chi connectivity index (χ1n) is 5.32. The number of imidazole rings is 1. The van der Waals surface area contributed by atoms with Crippen molar-refractivity contribution in [2.75, 3.05) is 0 Å². The molecule has 0 amide bonds. The predicted molar refractivity (Wildman–Crippen MR) is 68.2 cm³/mol. The number of aryl methyl sites for hydroxylation is 1. The van der Waals surface area contributed by atoms with Gasteiger partial charge in [0.25, 0.3) is 0 Å². The second-order valence-corrected chi connectivity index (χ2v) is 4.46. The Morgan fingerprint density at radius 3 is 2.35 bits per heavy atom. The molecule has 0 unspecified atom stereocenters. The lowest BCUT2D eigenvalue weighted by Gasteiger charge is -2.07. The molecule has 0 radical (unpaired) electrons. The molecular formula is C11H12Cl2N4. The number of nitrogens with zero attached hydrogens (tertiary/aromatic N) is 4. The van der Waals surface area contributed by atoms with Gasteiger partial charge in [-0.2, -0.15) is 0 Å². The molecule has 2 aromatic rings. The zero-order valence-corrected chi connectivity index (χ0v) is 11.1. The van der Waals surface area contributed by atoms with Gasteiger partial charge < -0.3 is 4.57 Å². The summed E-state index contributed by atoms with van der Waals surface area (Å²) in [4.78, 5) is 12.5. The van der Waals surface area contributed by atoms with E-state index >= 15 is 0 Å². The Morgan fingerprint density at radius 1 is 1.24 bits per heavy atom. The SMILES string of the molecule is CCCc1c(Cl)nc(-c2cncn2C)nc1Cl. The predicted octanol–water partition coefficient (Wildman–Crippen LogP) is 3.14. The lowest BCUT2D eigenvalue weighted by atomic mass is 10.2. The van der Waals surface area contributed by atoms with Gasteiger partial charge in [0.05, 0.1) is 12.5 Å². The van der Waals surface area contributed by atoms with E-state index in [1.165, 1.54) is 0 Å². The van der Waals surface area contributed by atoms with Gasteiger partial charge in [-0.3, -0.25) is 0 Å². The molecule has 90 valence electrons. The zero-order valence-electron chi connectivity index (χ0n) is 9.61. The summed E-state index contributed by atoms with van der Waals surface area (Å²) >= 11 is 12.2. The number of hydrogen-bond donors (Lipinski definition) is 0. The van der Waals surface area contributed by atoms with E-state index in [1.54, 1.807) is 12.5 Å². The second-order valence-electron chi connectivity index (χ2n) is 3.75. The Kier molecular flexibility index (Phi) is 3.64. The van der Waals surface area contributed by atoms with Crippen LogP contribution in [0.1, 0.15) is 18.9 Å². The molecule has 0 bridgehead atoms. The Balaban J connectivity index is 2.49. The normalized spacial score (nSPS) is 10.8. The molecule has 0 saturated carbocycles. The van der Waals surface area contributed by atoms with Gasteiger partial charge in [0, 0.05) is 12.6 Å². The summed E-state index contributed by atoms with van der Waals surface area (Å²) in [5, 5.41) is 0.839. The van der Waals surface area contributed by atoms with Crippen LogP contribution in [0.25, 0.3) is 11.5 Å². The minimum Gasteiger partial charge on any atom is -0.331 e. The van der Waals surface area contributed by atoms with E-state index < -0.39 is 0 Å². The third-order valence-corrected chi connectivity index (χ3v) is 3.08. The lowest BCUT2D eigenvalue weighted by molar-refractivity contribution is 0.887. The molecule has 0 fully saturated rings. The molecule has 4 nitrogen and oxygen atoms in total. The van der Waals surface area contributed by atoms with E-state index in [2.05, 4.69) is 21.9 Å². The van der Waals surface area contributed by atoms with Crippen LogP contribution in [0.2, 0.25) is 10.3 Å². The minimum atomic E-state index is 0.419. The average Bonchev–Trinajstić information content (AvgIpc) is 2.69. The minimum absolute atomic E-state index is 0.419. The van der Waals surface area contributed by atoms with Crippen molar-refractivity contribution in [2.24, 2.45) is 7.05 Å². The number of rotatable bonds is 3. The van der Waals surface area contributed by atoms with Gasteiger partial charge in [0.1, 0.15) is 16.0 Å². The maximum atomic E-state index is 6.12. The van der Waals surface area contributed by atoms with Crippen LogP contribution in [0.5, 0.6) is 0 Å². The average molecular weight is 271 g/mol. The summed E-state index contributed by atoms with van der Waals surface area (Å²) in [6.07, 6.45) is 5.10. The van der Waals surface area contributed by atoms with Gasteiger partial charge in [0.2, 0.25) is 0 Å². The van der Waals surface area contributed by atoms with Gasteiger partial charge >= 0.3 is 0 Å². The summed E-state index contributed by atoms with van der Waals surface area (Å²) in [6, 6.07) is 0. The Hall–Kier alpha value is -1.13. The smallest absolute Gasteiger partial charge is 0.180 e. The van der Waals surface area contributed by atoms with E-state index in [0.29, 0.717) is 16.1 Å². The molecule has 0 spiro atoms. The molecule has 0 aliphatic carbocycles. The first-order valence-corrected chi connectivity index (χ1v) is 6.07. The fourth-order valence-electron chi connectivity index (χ4n) is 1.57. The standard InChI is InChI=1S/C11H12Cl2N4/c1-3-4-7-9(12)15-11(16-10(7)13)8-5-14-6-17(8)2/h5-6H,3-4H2,1-2H3. The van der Waals surface area contributed by atoms with Crippen molar-refractivity contribution < 1.29 is 0 Å². The molecule has 0 aromatic carbocycles. The molecule has 0 atom stereocenters. The van der Waals surface area contributed by atoms with Crippen LogP contribution in [-0.4, -0.2) is 19.5 Å². The van der Waals surface area contributed by atoms with Crippen molar-refractivity contribution in [3.05, 3.63) is 28.4 Å². The summed E-state index contributed by atoms with van der Waals surface area (Å²) in [7, 11) is 1.87. The monoisotopic (exact) mass is 270 g/mol. The fourth-order valence-corrected chi connectivity index (χ4v) is 2.15. The maximum absolute atomic E-state index is 6.12. The van der Waals surface area contributed by atoms with E-state index in [0.717, 1.165) is 24.1 Å². The van der Waals surface area contributed by atoms with E-state index in [1.807, 2.05) is 11.6 Å². The van der Waals surface area contributed by atoms with Crippen molar-refractivity contribution in [1.82, 2.24) is 19.5 Å². The summed E-state index contributed by atoms with van der Waals surface area (Å²) in [6.45, 7) is 2.06. The highest BCUT2D eigenvalue weighted by Crippen LogP contribution is 2.26.